The van der Waals surface area contributed by atoms with E-state index in [2.05, 4.69) is 34.3 Å². The van der Waals surface area contributed by atoms with Crippen LogP contribution in [0.15, 0.2) is 76.3 Å². The first kappa shape index (κ1) is 20.2. The third-order valence-corrected chi connectivity index (χ3v) is 4.10. The molecule has 0 aromatic heterocycles. The smallest absolute Gasteiger partial charge is 0.275 e. The first-order valence-corrected chi connectivity index (χ1v) is 9.03. The van der Waals surface area contributed by atoms with Crippen LogP contribution in [0.5, 0.6) is 0 Å². The highest BCUT2D eigenvalue weighted by molar-refractivity contribution is 5.93. The van der Waals surface area contributed by atoms with Gasteiger partial charge in [-0.1, -0.05) is 30.3 Å². The Morgan fingerprint density at radius 2 is 1.67 bits per heavy atom. The summed E-state index contributed by atoms with van der Waals surface area (Å²) in [5.74, 6) is -0.647. The highest BCUT2D eigenvalue weighted by atomic mass is 16.3. The van der Waals surface area contributed by atoms with Gasteiger partial charge in [-0.05, 0) is 50.6 Å². The minimum atomic E-state index is -0.470. The molecule has 0 radical (unpaired) electrons. The lowest BCUT2D eigenvalue weighted by Crippen LogP contribution is -2.24. The van der Waals surface area contributed by atoms with Crippen molar-refractivity contribution in [3.8, 4) is 0 Å². The van der Waals surface area contributed by atoms with Crippen molar-refractivity contribution >= 4 is 17.3 Å². The first-order chi connectivity index (χ1) is 13.0. The fourth-order valence-corrected chi connectivity index (χ4v) is 2.57. The molecule has 0 saturated heterocycles. The molecule has 0 aliphatic heterocycles. The summed E-state index contributed by atoms with van der Waals surface area (Å²) in [4.78, 5) is 14.5. The number of amides is 1. The van der Waals surface area contributed by atoms with Gasteiger partial charge in [-0.15, -0.1) is 5.11 Å². The molecule has 1 amide bonds. The van der Waals surface area contributed by atoms with Crippen LogP contribution in [0.4, 0.5) is 11.4 Å². The van der Waals surface area contributed by atoms with E-state index in [4.69, 9.17) is 0 Å². The number of hydrogen-bond donors (Lipinski definition) is 2. The number of carbonyl (C=O) groups is 1. The maximum absolute atomic E-state index is 12.3. The molecule has 2 aromatic rings. The molecule has 0 bridgehead atoms. The molecule has 0 aliphatic carbocycles. The number of aliphatic hydroxyl groups excluding tert-OH is 1. The summed E-state index contributed by atoms with van der Waals surface area (Å²) < 4.78 is 0. The van der Waals surface area contributed by atoms with Crippen LogP contribution in [0, 0.1) is 0 Å². The average molecular weight is 366 g/mol. The third-order valence-electron chi connectivity index (χ3n) is 4.10. The zero-order valence-corrected chi connectivity index (χ0v) is 16.0. The van der Waals surface area contributed by atoms with Gasteiger partial charge in [0, 0.05) is 25.3 Å². The maximum Gasteiger partial charge on any atom is 0.275 e. The molecule has 0 heterocycles. The van der Waals surface area contributed by atoms with Crippen molar-refractivity contribution in [2.45, 2.75) is 27.3 Å². The van der Waals surface area contributed by atoms with Gasteiger partial charge in [0.05, 0.1) is 5.69 Å². The minimum Gasteiger partial charge on any atom is -0.510 e. The standard InChI is InChI=1S/C21H26N4O2/c1-4-25(5-2)19-13-11-18(12-14-19)23-24-20(16(3)26)21(27)22-15-17-9-7-6-8-10-17/h6-14,26H,4-5,15H2,1-3H3,(H,22,27)/b20-16-,24-23?. The molecule has 0 fully saturated rings. The van der Waals surface area contributed by atoms with Gasteiger partial charge >= 0.3 is 0 Å². The van der Waals surface area contributed by atoms with Gasteiger partial charge in [-0.2, -0.15) is 5.11 Å². The number of hydrogen-bond acceptors (Lipinski definition) is 5. The van der Waals surface area contributed by atoms with Crippen LogP contribution in [0.1, 0.15) is 26.3 Å². The number of aliphatic hydroxyl groups is 1. The van der Waals surface area contributed by atoms with Crippen LogP contribution in [0.2, 0.25) is 0 Å². The second-order valence-electron chi connectivity index (χ2n) is 5.99. The Balaban J connectivity index is 2.05. The highest BCUT2D eigenvalue weighted by Gasteiger charge is 2.12. The van der Waals surface area contributed by atoms with Gasteiger partial charge in [-0.3, -0.25) is 4.79 Å². The highest BCUT2D eigenvalue weighted by Crippen LogP contribution is 2.21. The van der Waals surface area contributed by atoms with E-state index in [-0.39, 0.29) is 11.5 Å². The topological polar surface area (TPSA) is 77.3 Å². The number of carbonyl (C=O) groups excluding carboxylic acids is 1. The summed E-state index contributed by atoms with van der Waals surface area (Å²) in [6.45, 7) is 7.83. The fraction of sp³-hybridized carbons (Fsp3) is 0.286. The molecule has 0 spiro atoms. The van der Waals surface area contributed by atoms with Gasteiger partial charge in [0.2, 0.25) is 0 Å². The fourth-order valence-electron chi connectivity index (χ4n) is 2.57. The van der Waals surface area contributed by atoms with E-state index >= 15 is 0 Å². The summed E-state index contributed by atoms with van der Waals surface area (Å²) in [5.41, 5.74) is 2.58. The lowest BCUT2D eigenvalue weighted by molar-refractivity contribution is -0.117. The van der Waals surface area contributed by atoms with Crippen molar-refractivity contribution in [3.05, 3.63) is 71.6 Å². The van der Waals surface area contributed by atoms with Crippen molar-refractivity contribution in [2.24, 2.45) is 10.2 Å². The molecular formula is C21H26N4O2. The van der Waals surface area contributed by atoms with E-state index in [1.807, 2.05) is 54.6 Å². The number of azo groups is 1. The second-order valence-corrected chi connectivity index (χ2v) is 5.99. The number of anilines is 1. The summed E-state index contributed by atoms with van der Waals surface area (Å²) >= 11 is 0. The molecule has 2 rings (SSSR count). The molecule has 0 atom stereocenters. The van der Waals surface area contributed by atoms with Crippen LogP contribution in [0.3, 0.4) is 0 Å². The van der Waals surface area contributed by atoms with Crippen LogP contribution >= 0.6 is 0 Å². The number of rotatable bonds is 8. The molecule has 6 heteroatoms. The van der Waals surface area contributed by atoms with Crippen molar-refractivity contribution in [1.29, 1.82) is 0 Å². The van der Waals surface area contributed by atoms with Gasteiger partial charge in [0.25, 0.3) is 5.91 Å². The lowest BCUT2D eigenvalue weighted by Gasteiger charge is -2.20. The van der Waals surface area contributed by atoms with Gasteiger partial charge < -0.3 is 15.3 Å². The van der Waals surface area contributed by atoms with E-state index in [0.29, 0.717) is 12.2 Å². The molecule has 2 N–H and O–H groups in total. The van der Waals surface area contributed by atoms with E-state index in [1.165, 1.54) is 6.92 Å². The zero-order chi connectivity index (χ0) is 19.6. The number of nitrogens with zero attached hydrogens (tertiary/aromatic N) is 3. The van der Waals surface area contributed by atoms with Crippen molar-refractivity contribution in [2.75, 3.05) is 18.0 Å². The Morgan fingerprint density at radius 3 is 2.22 bits per heavy atom. The van der Waals surface area contributed by atoms with Crippen LogP contribution in [-0.2, 0) is 11.3 Å². The first-order valence-electron chi connectivity index (χ1n) is 9.03. The predicted octanol–water partition coefficient (Wildman–Crippen LogP) is 4.72. The van der Waals surface area contributed by atoms with Gasteiger partial charge in [-0.25, -0.2) is 0 Å². The Labute approximate surface area is 160 Å². The average Bonchev–Trinajstić information content (AvgIpc) is 2.69. The summed E-state index contributed by atoms with van der Waals surface area (Å²) in [7, 11) is 0. The SMILES string of the molecule is CCN(CC)c1ccc(N=N/C(C(=O)NCc2ccccc2)=C(/C)O)cc1. The Hall–Kier alpha value is -3.15. The number of nitrogens with one attached hydrogen (secondary N) is 1. The molecule has 142 valence electrons. The largest absolute Gasteiger partial charge is 0.510 e. The van der Waals surface area contributed by atoms with Gasteiger partial charge in [0.15, 0.2) is 5.70 Å². The summed E-state index contributed by atoms with van der Waals surface area (Å²) in [6, 6.07) is 17.1. The van der Waals surface area contributed by atoms with E-state index in [0.717, 1.165) is 24.3 Å². The summed E-state index contributed by atoms with van der Waals surface area (Å²) in [6.07, 6.45) is 0. The Bertz CT molecular complexity index is 791. The molecular weight excluding hydrogens is 340 g/mol. The third kappa shape index (κ3) is 5.95. The van der Waals surface area contributed by atoms with E-state index in [9.17, 15) is 9.90 Å². The van der Waals surface area contributed by atoms with E-state index in [1.54, 1.807) is 0 Å². The molecule has 0 saturated carbocycles. The van der Waals surface area contributed by atoms with Crippen LogP contribution in [-0.4, -0.2) is 24.1 Å². The molecule has 6 nitrogen and oxygen atoms in total. The molecule has 0 unspecified atom stereocenters. The van der Waals surface area contributed by atoms with Crippen molar-refractivity contribution < 1.29 is 9.90 Å². The van der Waals surface area contributed by atoms with Crippen LogP contribution < -0.4 is 10.2 Å². The normalized spacial score (nSPS) is 12.0. The molecule has 2 aromatic carbocycles. The minimum absolute atomic E-state index is 0.0984. The zero-order valence-electron chi connectivity index (χ0n) is 16.0. The quantitative estimate of drug-likeness (QED) is 0.403. The Kier molecular flexibility index (Phi) is 7.55. The second kappa shape index (κ2) is 10.1. The molecule has 27 heavy (non-hydrogen) atoms. The van der Waals surface area contributed by atoms with Gasteiger partial charge in [0.1, 0.15) is 5.76 Å². The van der Waals surface area contributed by atoms with Crippen LogP contribution in [0.25, 0.3) is 0 Å². The monoisotopic (exact) mass is 366 g/mol. The maximum atomic E-state index is 12.3. The van der Waals surface area contributed by atoms with Crippen molar-refractivity contribution in [1.82, 2.24) is 5.32 Å². The molecule has 0 aliphatic rings. The number of benzene rings is 2. The van der Waals surface area contributed by atoms with E-state index < -0.39 is 5.91 Å². The Morgan fingerprint density at radius 1 is 1.04 bits per heavy atom. The summed E-state index contributed by atoms with van der Waals surface area (Å²) in [5, 5.41) is 20.6. The number of allylic oxidation sites excluding steroid dienone is 1. The lowest BCUT2D eigenvalue weighted by atomic mass is 10.2. The predicted molar refractivity (Wildman–Crippen MR) is 108 cm³/mol. The van der Waals surface area contributed by atoms with Crippen molar-refractivity contribution in [3.63, 3.8) is 0 Å².